The zero-order valence-corrected chi connectivity index (χ0v) is 21.8. The highest BCUT2D eigenvalue weighted by Crippen LogP contribution is 2.38. The van der Waals surface area contributed by atoms with E-state index in [1.165, 1.54) is 6.07 Å². The summed E-state index contributed by atoms with van der Waals surface area (Å²) in [5.74, 6) is 0.289. The Labute approximate surface area is 212 Å². The van der Waals surface area contributed by atoms with Crippen LogP contribution >= 0.6 is 0 Å². The third-order valence-corrected chi connectivity index (χ3v) is 8.09. The van der Waals surface area contributed by atoms with Crippen LogP contribution in [0, 0.1) is 5.92 Å². The number of aromatic nitrogens is 2. The summed E-state index contributed by atoms with van der Waals surface area (Å²) in [6, 6.07) is 17.5. The van der Waals surface area contributed by atoms with Gasteiger partial charge in [0.05, 0.1) is 5.56 Å². The second kappa shape index (κ2) is 10.3. The Hall–Kier alpha value is -3.46. The number of ether oxygens (including phenoxy) is 1. The van der Waals surface area contributed by atoms with Crippen LogP contribution in [0.15, 0.2) is 71.9 Å². The molecule has 1 saturated heterocycles. The van der Waals surface area contributed by atoms with Gasteiger partial charge in [-0.15, -0.1) is 0 Å². The SMILES string of the molecule is CC1CCN(c2ncccc2C(=O)NS(=O)(=O)c2cccc(O[C@H](C)Cc3ccccc3)n2)C1(C)C. The molecule has 1 aliphatic rings. The Morgan fingerprint density at radius 2 is 1.89 bits per heavy atom. The number of amides is 1. The van der Waals surface area contributed by atoms with Crippen molar-refractivity contribution in [3.05, 3.63) is 78.0 Å². The van der Waals surface area contributed by atoms with E-state index in [2.05, 4.69) is 40.4 Å². The molecule has 190 valence electrons. The Bertz CT molecular complexity index is 1330. The van der Waals surface area contributed by atoms with Gasteiger partial charge in [0, 0.05) is 30.8 Å². The van der Waals surface area contributed by atoms with E-state index in [1.807, 2.05) is 37.3 Å². The van der Waals surface area contributed by atoms with Crippen molar-refractivity contribution in [1.29, 1.82) is 0 Å². The average Bonchev–Trinajstić information content (AvgIpc) is 3.11. The number of nitrogens with zero attached hydrogens (tertiary/aromatic N) is 3. The molecule has 0 spiro atoms. The maximum absolute atomic E-state index is 13.2. The number of carbonyl (C=O) groups excluding carboxylic acids is 1. The fourth-order valence-corrected chi connectivity index (χ4v) is 5.36. The molecule has 1 fully saturated rings. The van der Waals surface area contributed by atoms with Crippen LogP contribution in [0.2, 0.25) is 0 Å². The maximum Gasteiger partial charge on any atom is 0.281 e. The molecule has 1 unspecified atom stereocenters. The largest absolute Gasteiger partial charge is 0.474 e. The van der Waals surface area contributed by atoms with Crippen molar-refractivity contribution in [3.63, 3.8) is 0 Å². The van der Waals surface area contributed by atoms with E-state index >= 15 is 0 Å². The summed E-state index contributed by atoms with van der Waals surface area (Å²) in [6.07, 6.45) is 2.99. The molecule has 4 rings (SSSR count). The van der Waals surface area contributed by atoms with Crippen molar-refractivity contribution >= 4 is 21.7 Å². The maximum atomic E-state index is 13.2. The Balaban J connectivity index is 1.50. The standard InChI is InChI=1S/C27H32N4O4S/c1-19-15-17-31(27(19,3)4)25-22(12-9-16-28-25)26(32)30-36(33,34)24-14-8-13-23(29-24)35-20(2)18-21-10-6-5-7-11-21/h5-14,16,19-20H,15,17-18H2,1-4H3,(H,30,32)/t19?,20-/m1/s1. The number of hydrogen-bond acceptors (Lipinski definition) is 7. The van der Waals surface area contributed by atoms with Crippen LogP contribution in [0.5, 0.6) is 5.88 Å². The third kappa shape index (κ3) is 5.51. The number of pyridine rings is 2. The van der Waals surface area contributed by atoms with Gasteiger partial charge in [0.25, 0.3) is 15.9 Å². The predicted octanol–water partition coefficient (Wildman–Crippen LogP) is 4.23. The number of hydrogen-bond donors (Lipinski definition) is 1. The molecule has 0 saturated carbocycles. The van der Waals surface area contributed by atoms with Gasteiger partial charge in [0.15, 0.2) is 5.03 Å². The van der Waals surface area contributed by atoms with Gasteiger partial charge in [-0.1, -0.05) is 43.3 Å². The first kappa shape index (κ1) is 25.6. The van der Waals surface area contributed by atoms with E-state index in [1.54, 1.807) is 30.5 Å². The molecule has 2 atom stereocenters. The van der Waals surface area contributed by atoms with E-state index < -0.39 is 15.9 Å². The number of benzene rings is 1. The van der Waals surface area contributed by atoms with Crippen molar-refractivity contribution in [2.75, 3.05) is 11.4 Å². The second-order valence-corrected chi connectivity index (χ2v) is 11.4. The van der Waals surface area contributed by atoms with Crippen LogP contribution in [0.4, 0.5) is 5.82 Å². The minimum Gasteiger partial charge on any atom is -0.474 e. The lowest BCUT2D eigenvalue weighted by atomic mass is 9.90. The van der Waals surface area contributed by atoms with Crippen LogP contribution in [0.3, 0.4) is 0 Å². The molecule has 0 bridgehead atoms. The Morgan fingerprint density at radius 3 is 2.58 bits per heavy atom. The number of carbonyl (C=O) groups is 1. The highest BCUT2D eigenvalue weighted by atomic mass is 32.2. The average molecular weight is 509 g/mol. The molecule has 9 heteroatoms. The van der Waals surface area contributed by atoms with Gasteiger partial charge in [-0.3, -0.25) is 4.79 Å². The number of sulfonamides is 1. The number of rotatable bonds is 8. The predicted molar refractivity (Wildman–Crippen MR) is 139 cm³/mol. The molecule has 1 amide bonds. The molecule has 1 aliphatic heterocycles. The summed E-state index contributed by atoms with van der Waals surface area (Å²) in [5.41, 5.74) is 1.09. The van der Waals surface area contributed by atoms with Gasteiger partial charge in [-0.25, -0.2) is 9.71 Å². The summed E-state index contributed by atoms with van der Waals surface area (Å²) in [6.45, 7) is 9.00. The summed E-state index contributed by atoms with van der Waals surface area (Å²) >= 11 is 0. The summed E-state index contributed by atoms with van der Waals surface area (Å²) < 4.78 is 34.2. The first-order chi connectivity index (χ1) is 17.1. The molecule has 0 aliphatic carbocycles. The minimum absolute atomic E-state index is 0.170. The highest BCUT2D eigenvalue weighted by molar-refractivity contribution is 7.90. The summed E-state index contributed by atoms with van der Waals surface area (Å²) in [7, 11) is -4.24. The van der Waals surface area contributed by atoms with Gasteiger partial charge in [0.2, 0.25) is 5.88 Å². The topological polar surface area (TPSA) is 101 Å². The molecule has 3 aromatic rings. The fraction of sp³-hybridized carbons (Fsp3) is 0.370. The normalized spacial score (nSPS) is 18.0. The summed E-state index contributed by atoms with van der Waals surface area (Å²) in [5, 5.41) is -0.291. The lowest BCUT2D eigenvalue weighted by Crippen LogP contribution is -2.43. The Kier molecular flexibility index (Phi) is 7.31. The number of nitrogens with one attached hydrogen (secondary N) is 1. The second-order valence-electron chi connectivity index (χ2n) is 9.74. The van der Waals surface area contributed by atoms with Crippen LogP contribution in [-0.4, -0.2) is 42.5 Å². The van der Waals surface area contributed by atoms with Crippen LogP contribution in [0.25, 0.3) is 0 Å². The molecular formula is C27H32N4O4S. The monoisotopic (exact) mass is 508 g/mol. The van der Waals surface area contributed by atoms with Crippen LogP contribution in [-0.2, 0) is 16.4 Å². The zero-order chi connectivity index (χ0) is 25.9. The fourth-order valence-electron chi connectivity index (χ4n) is 4.43. The van der Waals surface area contributed by atoms with E-state index in [0.717, 1.165) is 18.5 Å². The summed E-state index contributed by atoms with van der Waals surface area (Å²) in [4.78, 5) is 23.8. The van der Waals surface area contributed by atoms with Gasteiger partial charge >= 0.3 is 0 Å². The van der Waals surface area contributed by atoms with Gasteiger partial charge in [0.1, 0.15) is 11.9 Å². The van der Waals surface area contributed by atoms with Crippen molar-refractivity contribution in [3.8, 4) is 5.88 Å². The molecule has 0 radical (unpaired) electrons. The first-order valence-electron chi connectivity index (χ1n) is 12.1. The van der Waals surface area contributed by atoms with Gasteiger partial charge in [-0.2, -0.15) is 13.4 Å². The molecule has 2 aromatic heterocycles. The minimum atomic E-state index is -4.24. The molecule has 8 nitrogen and oxygen atoms in total. The van der Waals surface area contributed by atoms with Crippen molar-refractivity contribution in [2.45, 2.75) is 57.2 Å². The zero-order valence-electron chi connectivity index (χ0n) is 21.0. The van der Waals surface area contributed by atoms with Crippen LogP contribution < -0.4 is 14.4 Å². The van der Waals surface area contributed by atoms with Crippen molar-refractivity contribution in [1.82, 2.24) is 14.7 Å². The van der Waals surface area contributed by atoms with E-state index in [-0.39, 0.29) is 28.1 Å². The van der Waals surface area contributed by atoms with E-state index in [9.17, 15) is 13.2 Å². The lowest BCUT2D eigenvalue weighted by Gasteiger charge is -2.36. The molecule has 1 aromatic carbocycles. The quantitative estimate of drug-likeness (QED) is 0.486. The van der Waals surface area contributed by atoms with Gasteiger partial charge in [-0.05, 0) is 56.9 Å². The smallest absolute Gasteiger partial charge is 0.281 e. The molecule has 3 heterocycles. The van der Waals surface area contributed by atoms with Gasteiger partial charge < -0.3 is 9.64 Å². The third-order valence-electron chi connectivity index (χ3n) is 6.86. The number of anilines is 1. The lowest BCUT2D eigenvalue weighted by molar-refractivity contribution is 0.0981. The highest BCUT2D eigenvalue weighted by Gasteiger charge is 2.40. The van der Waals surface area contributed by atoms with Crippen molar-refractivity contribution in [2.24, 2.45) is 5.92 Å². The Morgan fingerprint density at radius 1 is 1.14 bits per heavy atom. The molecular weight excluding hydrogens is 476 g/mol. The van der Waals surface area contributed by atoms with Crippen molar-refractivity contribution < 1.29 is 17.9 Å². The van der Waals surface area contributed by atoms with Crippen LogP contribution in [0.1, 0.15) is 50.0 Å². The van der Waals surface area contributed by atoms with E-state index in [0.29, 0.717) is 18.2 Å². The van der Waals surface area contributed by atoms with E-state index in [4.69, 9.17) is 4.74 Å². The first-order valence-corrected chi connectivity index (χ1v) is 13.5. The molecule has 36 heavy (non-hydrogen) atoms. The molecule has 1 N–H and O–H groups in total.